The van der Waals surface area contributed by atoms with E-state index in [2.05, 4.69) is 144 Å². The fraction of sp³-hybridized carbons (Fsp3) is 0.220. The number of phenols is 1. The molecule has 0 aliphatic heterocycles. The first-order chi connectivity index (χ1) is 22.0. The lowest BCUT2D eigenvalue weighted by atomic mass is 9.79. The highest BCUT2D eigenvalue weighted by Crippen LogP contribution is 2.55. The van der Waals surface area contributed by atoms with Crippen LogP contribution in [0.25, 0.3) is 66.1 Å². The number of halogens is 2. The monoisotopic (exact) mass is 646 g/mol. The molecule has 5 heteroatoms. The van der Waals surface area contributed by atoms with Gasteiger partial charge in [-0.2, -0.15) is 0 Å². The van der Waals surface area contributed by atoms with Gasteiger partial charge in [-0.1, -0.05) is 71.8 Å². The van der Waals surface area contributed by atoms with Crippen molar-refractivity contribution in [3.05, 3.63) is 112 Å². The van der Waals surface area contributed by atoms with Gasteiger partial charge in [0, 0.05) is 69.7 Å². The van der Waals surface area contributed by atoms with Crippen molar-refractivity contribution in [1.29, 1.82) is 0 Å². The molecule has 7 aromatic rings. The molecular formula is C41H40Cl2N2O. The van der Waals surface area contributed by atoms with Gasteiger partial charge < -0.3 is 14.2 Å². The minimum absolute atomic E-state index is 0.194. The van der Waals surface area contributed by atoms with Gasteiger partial charge in [-0.05, 0) is 87.1 Å². The van der Waals surface area contributed by atoms with Crippen molar-refractivity contribution in [2.24, 2.45) is 14.1 Å². The number of aromatic nitrogens is 2. The maximum Gasteiger partial charge on any atom is 0.148 e. The van der Waals surface area contributed by atoms with Crippen LogP contribution in [0, 0.1) is 41.5 Å². The molecule has 3 nitrogen and oxygen atoms in total. The van der Waals surface area contributed by atoms with Gasteiger partial charge in [0.05, 0.1) is 10.9 Å². The number of rotatable bonds is 3. The van der Waals surface area contributed by atoms with E-state index in [-0.39, 0.29) is 5.34 Å². The van der Waals surface area contributed by atoms with Crippen molar-refractivity contribution in [2.45, 2.75) is 41.5 Å². The van der Waals surface area contributed by atoms with Crippen LogP contribution in [0.1, 0.15) is 33.4 Å². The largest absolute Gasteiger partial charge is 0.505 e. The van der Waals surface area contributed by atoms with Crippen LogP contribution in [-0.2, 0) is 14.1 Å². The Labute approximate surface area is 281 Å². The van der Waals surface area contributed by atoms with Gasteiger partial charge in [0.2, 0.25) is 0 Å². The number of para-hydroxylation sites is 2. The highest BCUT2D eigenvalue weighted by molar-refractivity contribution is 6.40. The van der Waals surface area contributed by atoms with Gasteiger partial charge in [-0.3, -0.25) is 0 Å². The summed E-state index contributed by atoms with van der Waals surface area (Å²) in [7, 11) is 4.21. The molecule has 0 unspecified atom stereocenters. The van der Waals surface area contributed by atoms with E-state index in [0.717, 1.165) is 38.5 Å². The molecule has 1 N–H and O–H groups in total. The summed E-state index contributed by atoms with van der Waals surface area (Å²) in [6, 6.07) is 26.2. The molecule has 0 aliphatic rings. The fourth-order valence-electron chi connectivity index (χ4n) is 7.86. The molecular weight excluding hydrogens is 607 g/mol. The number of hydrogen-bond donors (Lipinski definition) is 1. The second-order valence-electron chi connectivity index (χ2n) is 12.6. The minimum Gasteiger partial charge on any atom is -0.505 e. The van der Waals surface area contributed by atoms with Crippen LogP contribution < -0.4 is 0 Å². The topological polar surface area (TPSA) is 30.1 Å². The Morgan fingerprint density at radius 1 is 0.587 bits per heavy atom. The predicted octanol–water partition coefficient (Wildman–Crippen LogP) is 11.8. The highest BCUT2D eigenvalue weighted by Gasteiger charge is 2.30. The van der Waals surface area contributed by atoms with E-state index in [1.807, 2.05) is 0 Å². The van der Waals surface area contributed by atoms with Crippen LogP contribution in [0.5, 0.6) is 5.75 Å². The number of fused-ring (bicyclic) bond motifs is 4. The second kappa shape index (κ2) is 12.2. The Morgan fingerprint density at radius 3 is 1.59 bits per heavy atom. The van der Waals surface area contributed by atoms with Crippen LogP contribution in [0.4, 0.5) is 0 Å². The van der Waals surface area contributed by atoms with Crippen molar-refractivity contribution in [3.8, 4) is 39.1 Å². The molecule has 0 radical (unpaired) electrons. The third kappa shape index (κ3) is 4.98. The van der Waals surface area contributed by atoms with E-state index in [4.69, 9.17) is 23.2 Å². The normalized spacial score (nSPS) is 11.4. The van der Waals surface area contributed by atoms with Crippen LogP contribution in [-0.4, -0.2) is 19.6 Å². The third-order valence-electron chi connectivity index (χ3n) is 9.34. The van der Waals surface area contributed by atoms with Crippen molar-refractivity contribution in [1.82, 2.24) is 9.13 Å². The smallest absolute Gasteiger partial charge is 0.148 e. The number of phenolic OH excluding ortho intramolecular Hbond substituents is 1. The summed E-state index contributed by atoms with van der Waals surface area (Å²) in [6.45, 7) is 13.1. The molecule has 234 valence electrons. The Hall–Kier alpha value is -4.18. The number of aromatic hydroxyl groups is 1. The summed E-state index contributed by atoms with van der Waals surface area (Å²) in [4.78, 5) is 0. The molecule has 0 saturated heterocycles. The SMILES string of the molecule is Cc1cc(C)c(-c2c(-c3c(C)cc(C)cc3C)c(O)c3c(c2-c2cn(C)c4ccccc24)c2ccccc2n3C)c(C)c1.ClCCl. The third-order valence-corrected chi connectivity index (χ3v) is 9.34. The quantitative estimate of drug-likeness (QED) is 0.190. The molecule has 0 spiro atoms. The van der Waals surface area contributed by atoms with E-state index in [1.54, 1.807) is 0 Å². The first-order valence-corrected chi connectivity index (χ1v) is 16.7. The average molecular weight is 648 g/mol. The zero-order valence-electron chi connectivity index (χ0n) is 27.8. The first kappa shape index (κ1) is 31.8. The van der Waals surface area contributed by atoms with Crippen molar-refractivity contribution >= 4 is 55.9 Å². The zero-order chi connectivity index (χ0) is 33.0. The van der Waals surface area contributed by atoms with Gasteiger partial charge in [0.15, 0.2) is 0 Å². The Morgan fingerprint density at radius 2 is 1.04 bits per heavy atom. The van der Waals surface area contributed by atoms with Crippen molar-refractivity contribution < 1.29 is 5.11 Å². The number of hydrogen-bond acceptors (Lipinski definition) is 1. The minimum atomic E-state index is 0.194. The summed E-state index contributed by atoms with van der Waals surface area (Å²) >= 11 is 9.53. The zero-order valence-corrected chi connectivity index (χ0v) is 29.3. The number of alkyl halides is 2. The van der Waals surface area contributed by atoms with Gasteiger partial charge >= 0.3 is 0 Å². The standard InChI is InChI=1S/C40H38N2O.CH2Cl2/c1-22-17-24(3)33(25(4)18-22)37-35(30-21-41(7)31-15-11-9-13-28(30)31)36-29-14-10-12-16-32(29)42(8)39(36)40(43)38(37)34-26(5)19-23(2)20-27(34)6;2-1-3/h9-21,43H,1-8H3;1H2. The lowest BCUT2D eigenvalue weighted by molar-refractivity contribution is 0.481. The molecule has 2 aromatic heterocycles. The van der Waals surface area contributed by atoms with Crippen molar-refractivity contribution in [3.63, 3.8) is 0 Å². The lowest BCUT2D eigenvalue weighted by Gasteiger charge is -2.25. The Balaban J connectivity index is 0.00000119. The molecule has 0 saturated carbocycles. The Bertz CT molecular complexity index is 2260. The van der Waals surface area contributed by atoms with Crippen LogP contribution >= 0.6 is 23.2 Å². The lowest BCUT2D eigenvalue weighted by Crippen LogP contribution is -2.01. The second-order valence-corrected chi connectivity index (χ2v) is 13.4. The molecule has 0 bridgehead atoms. The van der Waals surface area contributed by atoms with Gasteiger partial charge in [-0.15, -0.1) is 23.2 Å². The first-order valence-electron chi connectivity index (χ1n) is 15.6. The summed E-state index contributed by atoms with van der Waals surface area (Å²) in [6.07, 6.45) is 2.28. The molecule has 5 aromatic carbocycles. The predicted molar refractivity (Wildman–Crippen MR) is 200 cm³/mol. The maximum absolute atomic E-state index is 12.6. The van der Waals surface area contributed by atoms with E-state index in [1.165, 1.54) is 61.0 Å². The van der Waals surface area contributed by atoms with Crippen LogP contribution in [0.2, 0.25) is 0 Å². The molecule has 2 heterocycles. The number of benzene rings is 5. The van der Waals surface area contributed by atoms with E-state index in [9.17, 15) is 5.11 Å². The average Bonchev–Trinajstić information content (AvgIpc) is 3.48. The van der Waals surface area contributed by atoms with E-state index < -0.39 is 0 Å². The van der Waals surface area contributed by atoms with Crippen molar-refractivity contribution in [2.75, 3.05) is 5.34 Å². The van der Waals surface area contributed by atoms with Gasteiger partial charge in [0.25, 0.3) is 0 Å². The van der Waals surface area contributed by atoms with Gasteiger partial charge in [0.1, 0.15) is 5.75 Å². The Kier molecular flexibility index (Phi) is 8.43. The maximum atomic E-state index is 12.6. The fourth-order valence-corrected chi connectivity index (χ4v) is 7.86. The molecule has 0 atom stereocenters. The van der Waals surface area contributed by atoms with E-state index >= 15 is 0 Å². The summed E-state index contributed by atoms with van der Waals surface area (Å²) in [5.41, 5.74) is 17.0. The van der Waals surface area contributed by atoms with E-state index in [0.29, 0.717) is 5.75 Å². The number of aryl methyl sites for hydroxylation is 8. The molecule has 0 aliphatic carbocycles. The molecule has 0 amide bonds. The molecule has 0 fully saturated rings. The number of nitrogens with zero attached hydrogens (tertiary/aromatic N) is 2. The summed E-state index contributed by atoms with van der Waals surface area (Å²) < 4.78 is 4.41. The van der Waals surface area contributed by atoms with Crippen LogP contribution in [0.15, 0.2) is 79.0 Å². The summed E-state index contributed by atoms with van der Waals surface area (Å²) in [5, 5.41) is 16.3. The van der Waals surface area contributed by atoms with Gasteiger partial charge in [-0.25, -0.2) is 0 Å². The molecule has 46 heavy (non-hydrogen) atoms. The molecule has 7 rings (SSSR count). The van der Waals surface area contributed by atoms with Crippen LogP contribution in [0.3, 0.4) is 0 Å². The highest BCUT2D eigenvalue weighted by atomic mass is 35.5. The summed E-state index contributed by atoms with van der Waals surface area (Å²) in [5.74, 6) is 0.335.